The number of carbonyl (C=O) groups is 1. The molecule has 0 saturated carbocycles. The fraction of sp³-hybridized carbons (Fsp3) is 0.0435. The second-order valence-electron chi connectivity index (χ2n) is 6.81. The Morgan fingerprint density at radius 2 is 1.53 bits per heavy atom. The lowest BCUT2D eigenvalue weighted by molar-refractivity contribution is 0.103. The average Bonchev–Trinajstić information content (AvgIpc) is 3.21. The Bertz CT molecular complexity index is 1330. The van der Waals surface area contributed by atoms with Gasteiger partial charge in [-0.2, -0.15) is 5.10 Å². The standard InChI is InChI=1S/C23H18N2O4S/c1-15-11-13-17(14-12-15)30(28,29)23-20(16-7-3-2-4-8-16)21(24-25-23)22(27)18-9-5-6-10-19(18)26/h2-14,26H,1H3,(H,24,25). The Morgan fingerprint density at radius 3 is 2.20 bits per heavy atom. The molecule has 150 valence electrons. The fourth-order valence-corrected chi connectivity index (χ4v) is 4.57. The number of nitrogens with zero attached hydrogens (tertiary/aromatic N) is 1. The van der Waals surface area contributed by atoms with Crippen LogP contribution in [0.4, 0.5) is 0 Å². The number of H-pyrrole nitrogens is 1. The number of carbonyl (C=O) groups excluding carboxylic acids is 1. The van der Waals surface area contributed by atoms with E-state index in [1.165, 1.54) is 24.3 Å². The van der Waals surface area contributed by atoms with Crippen LogP contribution in [-0.2, 0) is 9.84 Å². The van der Waals surface area contributed by atoms with E-state index in [1.807, 2.05) is 6.92 Å². The van der Waals surface area contributed by atoms with Crippen LogP contribution in [0.2, 0.25) is 0 Å². The summed E-state index contributed by atoms with van der Waals surface area (Å²) in [5.74, 6) is -0.777. The SMILES string of the molecule is Cc1ccc(S(=O)(=O)c2[nH]nc(C(=O)c3ccccc3O)c2-c2ccccc2)cc1. The van der Waals surface area contributed by atoms with Crippen molar-refractivity contribution in [3.63, 3.8) is 0 Å². The highest BCUT2D eigenvalue weighted by Gasteiger charge is 2.31. The highest BCUT2D eigenvalue weighted by molar-refractivity contribution is 7.91. The molecule has 0 aliphatic carbocycles. The summed E-state index contributed by atoms with van der Waals surface area (Å²) in [6.07, 6.45) is 0. The van der Waals surface area contributed by atoms with Crippen molar-refractivity contribution in [2.24, 2.45) is 0 Å². The molecule has 0 amide bonds. The van der Waals surface area contributed by atoms with Gasteiger partial charge in [0.1, 0.15) is 11.4 Å². The number of aromatic amines is 1. The number of sulfone groups is 1. The minimum atomic E-state index is -3.97. The van der Waals surface area contributed by atoms with E-state index >= 15 is 0 Å². The van der Waals surface area contributed by atoms with Crippen molar-refractivity contribution in [1.29, 1.82) is 0 Å². The summed E-state index contributed by atoms with van der Waals surface area (Å²) >= 11 is 0. The molecule has 0 unspecified atom stereocenters. The number of hydrogen-bond acceptors (Lipinski definition) is 5. The minimum absolute atomic E-state index is 0.0421. The van der Waals surface area contributed by atoms with Crippen LogP contribution < -0.4 is 0 Å². The van der Waals surface area contributed by atoms with Crippen molar-refractivity contribution < 1.29 is 18.3 Å². The fourth-order valence-electron chi connectivity index (χ4n) is 3.19. The summed E-state index contributed by atoms with van der Waals surface area (Å²) < 4.78 is 26.7. The van der Waals surface area contributed by atoms with Gasteiger partial charge in [-0.1, -0.05) is 60.2 Å². The van der Waals surface area contributed by atoms with Gasteiger partial charge in [0.05, 0.1) is 16.0 Å². The first-order valence-corrected chi connectivity index (χ1v) is 10.7. The molecule has 7 heteroatoms. The van der Waals surface area contributed by atoms with E-state index in [1.54, 1.807) is 54.6 Å². The van der Waals surface area contributed by atoms with Gasteiger partial charge in [0.25, 0.3) is 0 Å². The number of aryl methyl sites for hydroxylation is 1. The molecule has 1 aromatic heterocycles. The van der Waals surface area contributed by atoms with Crippen LogP contribution in [0.1, 0.15) is 21.6 Å². The predicted molar refractivity (Wildman–Crippen MR) is 112 cm³/mol. The van der Waals surface area contributed by atoms with Crippen LogP contribution in [0.15, 0.2) is 88.8 Å². The van der Waals surface area contributed by atoms with Gasteiger partial charge in [-0.25, -0.2) is 8.42 Å². The summed E-state index contributed by atoms with van der Waals surface area (Å²) in [7, 11) is -3.97. The van der Waals surface area contributed by atoms with Gasteiger partial charge in [0.15, 0.2) is 5.03 Å². The molecular weight excluding hydrogens is 400 g/mol. The number of phenolic OH excluding ortho intramolecular Hbond substituents is 1. The van der Waals surface area contributed by atoms with Crippen LogP contribution in [0.3, 0.4) is 0 Å². The third kappa shape index (κ3) is 3.40. The molecule has 4 rings (SSSR count). The average molecular weight is 418 g/mol. The van der Waals surface area contributed by atoms with Crippen LogP contribution in [-0.4, -0.2) is 29.5 Å². The number of ketones is 1. The third-order valence-electron chi connectivity index (χ3n) is 4.76. The molecule has 0 radical (unpaired) electrons. The molecule has 4 aromatic rings. The molecule has 0 spiro atoms. The molecule has 2 N–H and O–H groups in total. The molecule has 0 fully saturated rings. The monoisotopic (exact) mass is 418 g/mol. The molecule has 30 heavy (non-hydrogen) atoms. The van der Waals surface area contributed by atoms with Crippen molar-refractivity contribution in [2.45, 2.75) is 16.8 Å². The van der Waals surface area contributed by atoms with Crippen molar-refractivity contribution in [2.75, 3.05) is 0 Å². The van der Waals surface area contributed by atoms with Crippen LogP contribution in [0, 0.1) is 6.92 Å². The normalized spacial score (nSPS) is 11.4. The molecule has 0 aliphatic rings. The summed E-state index contributed by atoms with van der Waals surface area (Å²) in [4.78, 5) is 13.2. The van der Waals surface area contributed by atoms with E-state index < -0.39 is 15.6 Å². The maximum absolute atomic E-state index is 13.3. The van der Waals surface area contributed by atoms with E-state index in [0.29, 0.717) is 5.56 Å². The molecule has 0 atom stereocenters. The van der Waals surface area contributed by atoms with Gasteiger partial charge < -0.3 is 5.11 Å². The van der Waals surface area contributed by atoms with Crippen LogP contribution in [0.5, 0.6) is 5.75 Å². The molecule has 3 aromatic carbocycles. The lowest BCUT2D eigenvalue weighted by Crippen LogP contribution is -2.07. The van der Waals surface area contributed by atoms with Crippen molar-refractivity contribution >= 4 is 15.6 Å². The first-order chi connectivity index (χ1) is 14.4. The third-order valence-corrected chi connectivity index (χ3v) is 6.48. The lowest BCUT2D eigenvalue weighted by atomic mass is 10.00. The number of phenols is 1. The topological polar surface area (TPSA) is 100 Å². The maximum atomic E-state index is 13.3. The van der Waals surface area contributed by atoms with Gasteiger partial charge in [-0.15, -0.1) is 0 Å². The predicted octanol–water partition coefficient (Wildman–Crippen LogP) is 4.15. The number of hydrogen-bond donors (Lipinski definition) is 2. The summed E-state index contributed by atoms with van der Waals surface area (Å²) in [5, 5.41) is 16.5. The number of benzene rings is 3. The quantitative estimate of drug-likeness (QED) is 0.474. The highest BCUT2D eigenvalue weighted by Crippen LogP contribution is 2.34. The van der Waals surface area contributed by atoms with Crippen molar-refractivity contribution in [3.05, 3.63) is 95.7 Å². The Labute approximate surface area is 173 Å². The Hall–Kier alpha value is -3.71. The zero-order valence-corrected chi connectivity index (χ0v) is 16.8. The Morgan fingerprint density at radius 1 is 0.900 bits per heavy atom. The van der Waals surface area contributed by atoms with Gasteiger partial charge in [0.2, 0.25) is 15.6 Å². The lowest BCUT2D eigenvalue weighted by Gasteiger charge is -2.08. The summed E-state index contributed by atoms with van der Waals surface area (Å²) in [6, 6.07) is 21.2. The highest BCUT2D eigenvalue weighted by atomic mass is 32.2. The maximum Gasteiger partial charge on any atom is 0.223 e. The minimum Gasteiger partial charge on any atom is -0.507 e. The van der Waals surface area contributed by atoms with Crippen LogP contribution in [0.25, 0.3) is 11.1 Å². The number of rotatable bonds is 5. The zero-order chi connectivity index (χ0) is 21.3. The zero-order valence-electron chi connectivity index (χ0n) is 16.0. The van der Waals surface area contributed by atoms with Crippen LogP contribution >= 0.6 is 0 Å². The molecule has 0 aliphatic heterocycles. The second kappa shape index (κ2) is 7.61. The van der Waals surface area contributed by atoms with Gasteiger partial charge in [0, 0.05) is 0 Å². The van der Waals surface area contributed by atoms with E-state index in [0.717, 1.165) is 5.56 Å². The van der Waals surface area contributed by atoms with Gasteiger partial charge in [-0.05, 0) is 36.8 Å². The van der Waals surface area contributed by atoms with Gasteiger partial charge >= 0.3 is 0 Å². The van der Waals surface area contributed by atoms with Gasteiger partial charge in [-0.3, -0.25) is 9.89 Å². The smallest absolute Gasteiger partial charge is 0.223 e. The number of aromatic hydroxyl groups is 1. The molecular formula is C23H18N2O4S. The van der Waals surface area contributed by atoms with E-state index in [9.17, 15) is 18.3 Å². The number of aromatic nitrogens is 2. The first-order valence-electron chi connectivity index (χ1n) is 9.18. The molecule has 0 saturated heterocycles. The van der Waals surface area contributed by atoms with E-state index in [2.05, 4.69) is 10.2 Å². The Kier molecular flexibility index (Phi) is 4.97. The van der Waals surface area contributed by atoms with E-state index in [4.69, 9.17) is 0 Å². The number of nitrogens with one attached hydrogen (secondary N) is 1. The largest absolute Gasteiger partial charge is 0.507 e. The van der Waals surface area contributed by atoms with Crippen molar-refractivity contribution in [3.8, 4) is 16.9 Å². The second-order valence-corrected chi connectivity index (χ2v) is 8.69. The molecule has 6 nitrogen and oxygen atoms in total. The first kappa shape index (κ1) is 19.6. The number of para-hydroxylation sites is 1. The van der Waals surface area contributed by atoms with Crippen molar-refractivity contribution in [1.82, 2.24) is 10.2 Å². The summed E-state index contributed by atoms with van der Waals surface area (Å²) in [5.41, 5.74) is 1.59. The molecule has 0 bridgehead atoms. The Balaban J connectivity index is 1.94. The summed E-state index contributed by atoms with van der Waals surface area (Å²) in [6.45, 7) is 1.87. The van der Waals surface area contributed by atoms with E-state index in [-0.39, 0.29) is 32.5 Å². The molecule has 1 heterocycles.